The number of hydrogen-bond acceptors (Lipinski definition) is 6. The predicted octanol–water partition coefficient (Wildman–Crippen LogP) is 21.8. The summed E-state index contributed by atoms with van der Waals surface area (Å²) in [4.78, 5) is 38.0. The van der Waals surface area contributed by atoms with Gasteiger partial charge >= 0.3 is 17.9 Å². The molecule has 0 aliphatic rings. The highest BCUT2D eigenvalue weighted by molar-refractivity contribution is 5.71. The zero-order valence-corrected chi connectivity index (χ0v) is 48.9. The number of unbranched alkanes of at least 4 members (excludes halogenated alkanes) is 40. The van der Waals surface area contributed by atoms with Crippen LogP contribution in [0.5, 0.6) is 0 Å². The van der Waals surface area contributed by atoms with E-state index in [9.17, 15) is 14.4 Å². The largest absolute Gasteiger partial charge is 0.462 e. The van der Waals surface area contributed by atoms with E-state index >= 15 is 0 Å². The second-order valence-electron chi connectivity index (χ2n) is 21.7. The fourth-order valence-electron chi connectivity index (χ4n) is 9.56. The first kappa shape index (κ1) is 70.4. The molecule has 0 aliphatic heterocycles. The van der Waals surface area contributed by atoms with Crippen LogP contribution in [0.2, 0.25) is 0 Å². The quantitative estimate of drug-likeness (QED) is 0.0261. The van der Waals surface area contributed by atoms with Crippen molar-refractivity contribution in [2.45, 2.75) is 348 Å². The highest BCUT2D eigenvalue weighted by Gasteiger charge is 2.19. The Labute approximate surface area is 454 Å². The molecule has 0 N–H and O–H groups in total. The second-order valence-corrected chi connectivity index (χ2v) is 21.7. The molecule has 0 fully saturated rings. The van der Waals surface area contributed by atoms with E-state index in [1.807, 2.05) is 0 Å². The van der Waals surface area contributed by atoms with Crippen LogP contribution < -0.4 is 0 Å². The predicted molar refractivity (Wildman–Crippen MR) is 316 cm³/mol. The minimum atomic E-state index is -0.771. The van der Waals surface area contributed by atoms with Gasteiger partial charge in [0, 0.05) is 19.3 Å². The zero-order chi connectivity index (χ0) is 52.9. The average molecular weight is 1020 g/mol. The fraction of sp³-hybridized carbons (Fsp3) is 0.836. The van der Waals surface area contributed by atoms with E-state index in [4.69, 9.17) is 14.2 Å². The molecular weight excluding hydrogens is 901 g/mol. The Morgan fingerprint density at radius 1 is 0.288 bits per heavy atom. The van der Waals surface area contributed by atoms with Crippen LogP contribution in [0.1, 0.15) is 342 Å². The van der Waals surface area contributed by atoms with Gasteiger partial charge in [-0.3, -0.25) is 14.4 Å². The van der Waals surface area contributed by atoms with Gasteiger partial charge in [0.15, 0.2) is 6.10 Å². The summed E-state index contributed by atoms with van der Waals surface area (Å²) in [6, 6.07) is 0. The molecule has 0 radical (unpaired) electrons. The number of carbonyl (C=O) groups excluding carboxylic acids is 3. The molecule has 0 heterocycles. The van der Waals surface area contributed by atoms with Crippen molar-refractivity contribution in [3.05, 3.63) is 48.6 Å². The lowest BCUT2D eigenvalue weighted by Crippen LogP contribution is -2.30. The second kappa shape index (κ2) is 61.9. The van der Waals surface area contributed by atoms with Gasteiger partial charge < -0.3 is 14.2 Å². The van der Waals surface area contributed by atoms with Gasteiger partial charge in [-0.05, 0) is 57.8 Å². The number of hydrogen-bond donors (Lipinski definition) is 0. The molecule has 0 aliphatic carbocycles. The number of rotatable bonds is 59. The van der Waals surface area contributed by atoms with Gasteiger partial charge in [0.05, 0.1) is 0 Å². The third kappa shape index (κ3) is 60.1. The maximum Gasteiger partial charge on any atom is 0.306 e. The Bertz CT molecular complexity index is 1270. The van der Waals surface area contributed by atoms with E-state index in [1.54, 1.807) is 0 Å². The lowest BCUT2D eigenvalue weighted by molar-refractivity contribution is -0.167. The molecule has 0 rings (SSSR count). The van der Waals surface area contributed by atoms with Gasteiger partial charge in [-0.15, -0.1) is 0 Å². The van der Waals surface area contributed by atoms with E-state index in [0.717, 1.165) is 83.5 Å². The molecule has 73 heavy (non-hydrogen) atoms. The van der Waals surface area contributed by atoms with Gasteiger partial charge in [-0.25, -0.2) is 0 Å². The highest BCUT2D eigenvalue weighted by Crippen LogP contribution is 2.18. The molecule has 426 valence electrons. The van der Waals surface area contributed by atoms with Crippen LogP contribution in [0, 0.1) is 0 Å². The van der Waals surface area contributed by atoms with Crippen molar-refractivity contribution < 1.29 is 28.6 Å². The highest BCUT2D eigenvalue weighted by atomic mass is 16.6. The molecule has 0 spiro atoms. The van der Waals surface area contributed by atoms with Crippen molar-refractivity contribution in [3.63, 3.8) is 0 Å². The normalized spacial score (nSPS) is 12.3. The van der Waals surface area contributed by atoms with Crippen LogP contribution in [0.15, 0.2) is 48.6 Å². The van der Waals surface area contributed by atoms with Gasteiger partial charge in [-0.2, -0.15) is 0 Å². The van der Waals surface area contributed by atoms with Crippen LogP contribution in [-0.2, 0) is 28.6 Å². The molecule has 1 unspecified atom stereocenters. The minimum Gasteiger partial charge on any atom is -0.462 e. The van der Waals surface area contributed by atoms with Crippen LogP contribution in [0.3, 0.4) is 0 Å². The minimum absolute atomic E-state index is 0.0707. The topological polar surface area (TPSA) is 78.9 Å². The maximum atomic E-state index is 12.8. The lowest BCUT2D eigenvalue weighted by Gasteiger charge is -2.18. The van der Waals surface area contributed by atoms with E-state index in [-0.39, 0.29) is 31.1 Å². The third-order valence-electron chi connectivity index (χ3n) is 14.3. The monoisotopic (exact) mass is 1020 g/mol. The molecule has 0 aromatic carbocycles. The van der Waals surface area contributed by atoms with Crippen molar-refractivity contribution in [1.29, 1.82) is 0 Å². The number of carbonyl (C=O) groups is 3. The average Bonchev–Trinajstić information content (AvgIpc) is 3.39. The summed E-state index contributed by atoms with van der Waals surface area (Å²) < 4.78 is 16.8. The van der Waals surface area contributed by atoms with Crippen molar-refractivity contribution >= 4 is 17.9 Å². The van der Waals surface area contributed by atoms with Crippen molar-refractivity contribution in [1.82, 2.24) is 0 Å². The number of esters is 3. The SMILES string of the molecule is CC/C=C\C/C=C\C/C=C\C/C=C\CCCCCCCCCCCCC(=O)OC(COC(=O)CCCCCCCC)COC(=O)CCCCCCCCCCCCCCCCCCCCCCCCCCCC. The summed E-state index contributed by atoms with van der Waals surface area (Å²) in [7, 11) is 0. The number of ether oxygens (including phenoxy) is 3. The van der Waals surface area contributed by atoms with Crippen LogP contribution in [-0.4, -0.2) is 37.2 Å². The Morgan fingerprint density at radius 3 is 0.836 bits per heavy atom. The number of allylic oxidation sites excluding steroid dienone is 8. The summed E-state index contributed by atoms with van der Waals surface area (Å²) in [5, 5.41) is 0. The van der Waals surface area contributed by atoms with E-state index < -0.39 is 6.10 Å². The van der Waals surface area contributed by atoms with E-state index in [2.05, 4.69) is 69.4 Å². The van der Waals surface area contributed by atoms with Gasteiger partial charge in [0.2, 0.25) is 0 Å². The molecule has 0 aromatic heterocycles. The molecule has 6 nitrogen and oxygen atoms in total. The van der Waals surface area contributed by atoms with Crippen LogP contribution in [0.25, 0.3) is 0 Å². The van der Waals surface area contributed by atoms with Gasteiger partial charge in [0.1, 0.15) is 13.2 Å². The first-order valence-electron chi connectivity index (χ1n) is 32.1. The summed E-state index contributed by atoms with van der Waals surface area (Å²) in [5.74, 6) is -0.866. The van der Waals surface area contributed by atoms with E-state index in [1.165, 1.54) is 218 Å². The first-order chi connectivity index (χ1) is 36.0. The van der Waals surface area contributed by atoms with Crippen molar-refractivity contribution in [2.75, 3.05) is 13.2 Å². The Morgan fingerprint density at radius 2 is 0.534 bits per heavy atom. The van der Waals surface area contributed by atoms with Crippen molar-refractivity contribution in [2.24, 2.45) is 0 Å². The molecular formula is C67H122O6. The standard InChI is InChI=1S/C67H122O6/c1-4-7-10-13-16-18-20-22-24-26-28-30-32-33-34-36-37-39-41-43-45-47-49-51-54-57-60-66(69)72-63-64(62-71-65(68)59-56-53-15-12-9-6-3)73-67(70)61-58-55-52-50-48-46-44-42-40-38-35-31-29-27-25-23-21-19-17-14-11-8-5-2/h8,11,17,19,23,25,29,31,64H,4-7,9-10,12-16,18,20-22,24,26-28,30,32-63H2,1-3H3/b11-8-,19-17-,25-23-,31-29-. The van der Waals surface area contributed by atoms with E-state index in [0.29, 0.717) is 19.3 Å². The summed E-state index contributed by atoms with van der Waals surface area (Å²) in [6.45, 7) is 6.52. The molecule has 0 aromatic rings. The Hall–Kier alpha value is -2.63. The molecule has 0 amide bonds. The lowest BCUT2D eigenvalue weighted by atomic mass is 10.0. The zero-order valence-electron chi connectivity index (χ0n) is 48.9. The summed E-state index contributed by atoms with van der Waals surface area (Å²) in [5.41, 5.74) is 0. The van der Waals surface area contributed by atoms with Gasteiger partial charge in [-0.1, -0.05) is 313 Å². The van der Waals surface area contributed by atoms with Crippen LogP contribution >= 0.6 is 0 Å². The van der Waals surface area contributed by atoms with Crippen molar-refractivity contribution in [3.8, 4) is 0 Å². The first-order valence-corrected chi connectivity index (χ1v) is 32.1. The molecule has 0 bridgehead atoms. The van der Waals surface area contributed by atoms with Crippen LogP contribution in [0.4, 0.5) is 0 Å². The molecule has 1 atom stereocenters. The van der Waals surface area contributed by atoms with Gasteiger partial charge in [0.25, 0.3) is 0 Å². The summed E-state index contributed by atoms with van der Waals surface area (Å²) >= 11 is 0. The third-order valence-corrected chi connectivity index (χ3v) is 14.3. The smallest absolute Gasteiger partial charge is 0.306 e. The fourth-order valence-corrected chi connectivity index (χ4v) is 9.56. The Kier molecular flexibility index (Phi) is 59.7. The summed E-state index contributed by atoms with van der Waals surface area (Å²) in [6.07, 6.45) is 77.4. The molecule has 0 saturated heterocycles. The Balaban J connectivity index is 4.04. The molecule has 6 heteroatoms. The maximum absolute atomic E-state index is 12.8. The molecule has 0 saturated carbocycles.